The number of sulfone groups is 1. The van der Waals surface area contributed by atoms with Crippen molar-refractivity contribution in [2.24, 2.45) is 11.8 Å². The molecule has 2 aromatic carbocycles. The SMILES string of the molecule is C[C@H]1C(S(=O)(=O)C(=O)OCc2ccccc2)c2ccccc2C[C@H]1Cc1n[nH]c(=O)o1. The van der Waals surface area contributed by atoms with Crippen LogP contribution in [0.1, 0.15) is 34.8 Å². The third kappa shape index (κ3) is 4.32. The topological polar surface area (TPSA) is 119 Å². The highest BCUT2D eigenvalue weighted by molar-refractivity contribution is 8.05. The summed E-state index contributed by atoms with van der Waals surface area (Å²) in [7, 11) is -4.30. The van der Waals surface area contributed by atoms with Gasteiger partial charge in [-0.25, -0.2) is 23.1 Å². The monoisotopic (exact) mass is 442 g/mol. The lowest BCUT2D eigenvalue weighted by Gasteiger charge is -2.36. The maximum atomic E-state index is 13.3. The number of aromatic nitrogens is 2. The second-order valence-electron chi connectivity index (χ2n) is 7.72. The van der Waals surface area contributed by atoms with Gasteiger partial charge in [-0.1, -0.05) is 61.5 Å². The van der Waals surface area contributed by atoms with Crippen LogP contribution in [0.5, 0.6) is 0 Å². The Morgan fingerprint density at radius 3 is 2.58 bits per heavy atom. The first kappa shape index (κ1) is 21.0. The van der Waals surface area contributed by atoms with Crippen molar-refractivity contribution in [1.29, 1.82) is 0 Å². The predicted octanol–water partition coefficient (Wildman–Crippen LogP) is 3.21. The third-order valence-electron chi connectivity index (χ3n) is 5.75. The zero-order chi connectivity index (χ0) is 22.0. The predicted molar refractivity (Wildman–Crippen MR) is 112 cm³/mol. The standard InChI is InChI=1S/C22H22N2O6S/c1-14-17(12-19-23-24-21(25)30-19)11-16-9-5-6-10-18(16)20(14)31(27,28)22(26)29-13-15-7-3-2-4-8-15/h2-10,14,17,20H,11-13H2,1H3,(H,24,25)/t14-,17+,20?/m1/s1. The van der Waals surface area contributed by atoms with Crippen molar-refractivity contribution in [3.63, 3.8) is 0 Å². The first-order valence-electron chi connectivity index (χ1n) is 9.93. The maximum absolute atomic E-state index is 13.3. The molecule has 0 radical (unpaired) electrons. The molecule has 1 N–H and O–H groups in total. The average molecular weight is 442 g/mol. The lowest BCUT2D eigenvalue weighted by atomic mass is 9.75. The molecule has 1 heterocycles. The number of carbonyl (C=O) groups excluding carboxylic acids is 1. The minimum Gasteiger partial charge on any atom is -0.449 e. The Labute approximate surface area is 179 Å². The van der Waals surface area contributed by atoms with E-state index < -0.39 is 32.1 Å². The van der Waals surface area contributed by atoms with Gasteiger partial charge in [0, 0.05) is 6.42 Å². The average Bonchev–Trinajstić information content (AvgIpc) is 3.17. The summed E-state index contributed by atoms with van der Waals surface area (Å²) >= 11 is 0. The largest absolute Gasteiger partial charge is 0.449 e. The van der Waals surface area contributed by atoms with E-state index >= 15 is 0 Å². The van der Waals surface area contributed by atoms with Gasteiger partial charge in [-0.15, -0.1) is 5.10 Å². The molecule has 8 nitrogen and oxygen atoms in total. The van der Waals surface area contributed by atoms with Gasteiger partial charge in [0.15, 0.2) is 0 Å². The van der Waals surface area contributed by atoms with Crippen molar-refractivity contribution in [2.75, 3.05) is 0 Å². The van der Waals surface area contributed by atoms with Gasteiger partial charge in [0.2, 0.25) is 5.89 Å². The molecule has 0 amide bonds. The van der Waals surface area contributed by atoms with Crippen LogP contribution in [0.3, 0.4) is 0 Å². The van der Waals surface area contributed by atoms with E-state index in [1.165, 1.54) is 0 Å². The summed E-state index contributed by atoms with van der Waals surface area (Å²) in [6, 6.07) is 16.1. The minimum absolute atomic E-state index is 0.122. The number of H-pyrrole nitrogens is 1. The molecule has 1 aliphatic carbocycles. The minimum atomic E-state index is -4.30. The van der Waals surface area contributed by atoms with Crippen molar-refractivity contribution in [2.45, 2.75) is 31.6 Å². The Balaban J connectivity index is 1.62. The van der Waals surface area contributed by atoms with Gasteiger partial charge in [0.05, 0.1) is 0 Å². The number of fused-ring (bicyclic) bond motifs is 1. The molecule has 0 spiro atoms. The number of benzene rings is 2. The number of carbonyl (C=O) groups is 1. The van der Waals surface area contributed by atoms with Gasteiger partial charge in [-0.3, -0.25) is 0 Å². The number of hydrogen-bond acceptors (Lipinski definition) is 7. The highest BCUT2D eigenvalue weighted by Gasteiger charge is 2.46. The van der Waals surface area contributed by atoms with E-state index in [0.29, 0.717) is 17.5 Å². The van der Waals surface area contributed by atoms with Crippen molar-refractivity contribution in [3.8, 4) is 0 Å². The molecule has 0 saturated carbocycles. The first-order chi connectivity index (χ1) is 14.9. The van der Waals surface area contributed by atoms with E-state index in [1.807, 2.05) is 18.2 Å². The molecule has 3 aromatic rings. The Morgan fingerprint density at radius 1 is 1.16 bits per heavy atom. The molecule has 9 heteroatoms. The summed E-state index contributed by atoms with van der Waals surface area (Å²) in [6.07, 6.45) is 0.859. The van der Waals surface area contributed by atoms with Gasteiger partial charge < -0.3 is 9.15 Å². The summed E-state index contributed by atoms with van der Waals surface area (Å²) < 4.78 is 36.8. The van der Waals surface area contributed by atoms with Crippen molar-refractivity contribution >= 4 is 15.1 Å². The van der Waals surface area contributed by atoms with Crippen LogP contribution in [0.25, 0.3) is 0 Å². The Morgan fingerprint density at radius 2 is 1.87 bits per heavy atom. The Bertz CT molecular complexity index is 1230. The van der Waals surface area contributed by atoms with Gasteiger partial charge in [0.1, 0.15) is 11.9 Å². The van der Waals surface area contributed by atoms with E-state index in [1.54, 1.807) is 43.3 Å². The second-order valence-corrected chi connectivity index (χ2v) is 9.65. The lowest BCUT2D eigenvalue weighted by molar-refractivity contribution is 0.164. The van der Waals surface area contributed by atoms with E-state index in [-0.39, 0.29) is 24.8 Å². The molecular formula is C22H22N2O6S. The van der Waals surface area contributed by atoms with Gasteiger partial charge >= 0.3 is 11.1 Å². The number of nitrogens with zero attached hydrogens (tertiary/aromatic N) is 1. The molecule has 1 aliphatic rings. The summed E-state index contributed by atoms with van der Waals surface area (Å²) in [6.45, 7) is 1.67. The van der Waals surface area contributed by atoms with Crippen LogP contribution in [0.2, 0.25) is 0 Å². The highest BCUT2D eigenvalue weighted by Crippen LogP contribution is 2.44. The normalized spacial score (nSPS) is 20.7. The van der Waals surface area contributed by atoms with Gasteiger partial charge in [-0.2, -0.15) is 0 Å². The van der Waals surface area contributed by atoms with Crippen LogP contribution < -0.4 is 5.76 Å². The molecule has 4 rings (SSSR count). The third-order valence-corrected chi connectivity index (χ3v) is 7.68. The molecule has 3 atom stereocenters. The molecule has 0 bridgehead atoms. The number of nitrogens with one attached hydrogen (secondary N) is 1. The molecule has 31 heavy (non-hydrogen) atoms. The molecule has 1 unspecified atom stereocenters. The van der Waals surface area contributed by atoms with Crippen LogP contribution in [-0.4, -0.2) is 23.9 Å². The molecule has 0 saturated heterocycles. The fourth-order valence-corrected chi connectivity index (χ4v) is 5.96. The quantitative estimate of drug-likeness (QED) is 0.603. The maximum Gasteiger partial charge on any atom is 0.434 e. The number of aromatic amines is 1. The van der Waals surface area contributed by atoms with Crippen LogP contribution in [0.4, 0.5) is 4.79 Å². The number of rotatable bonds is 5. The fraction of sp³-hybridized carbons (Fsp3) is 0.318. The highest BCUT2D eigenvalue weighted by atomic mass is 32.2. The van der Waals surface area contributed by atoms with E-state index in [2.05, 4.69) is 10.2 Å². The smallest absolute Gasteiger partial charge is 0.434 e. The van der Waals surface area contributed by atoms with Crippen molar-refractivity contribution < 1.29 is 22.4 Å². The zero-order valence-corrected chi connectivity index (χ0v) is 17.7. The molecular weight excluding hydrogens is 420 g/mol. The number of hydrogen-bond donors (Lipinski definition) is 1. The molecule has 0 aliphatic heterocycles. The fourth-order valence-electron chi connectivity index (χ4n) is 4.18. The van der Waals surface area contributed by atoms with Crippen LogP contribution in [0, 0.1) is 11.8 Å². The van der Waals surface area contributed by atoms with Gasteiger partial charge in [-0.05, 0) is 34.9 Å². The summed E-state index contributed by atoms with van der Waals surface area (Å²) in [5, 5.41) is 3.76. The molecule has 0 fully saturated rings. The van der Waals surface area contributed by atoms with Crippen LogP contribution >= 0.6 is 0 Å². The van der Waals surface area contributed by atoms with E-state index in [9.17, 15) is 18.0 Å². The zero-order valence-electron chi connectivity index (χ0n) is 16.9. The van der Waals surface area contributed by atoms with E-state index in [0.717, 1.165) is 5.56 Å². The first-order valence-corrected chi connectivity index (χ1v) is 11.5. The summed E-state index contributed by atoms with van der Waals surface area (Å²) in [5.41, 5.74) is 2.15. The van der Waals surface area contributed by atoms with Crippen molar-refractivity contribution in [3.05, 3.63) is 87.7 Å². The molecule has 1 aromatic heterocycles. The van der Waals surface area contributed by atoms with E-state index in [4.69, 9.17) is 9.15 Å². The molecule has 162 valence electrons. The number of ether oxygens (including phenoxy) is 1. The lowest BCUT2D eigenvalue weighted by Crippen LogP contribution is -2.36. The van der Waals surface area contributed by atoms with Gasteiger partial charge in [0.25, 0.3) is 9.84 Å². The van der Waals surface area contributed by atoms with Crippen molar-refractivity contribution in [1.82, 2.24) is 10.2 Å². The Kier molecular flexibility index (Phi) is 5.77. The second kappa shape index (κ2) is 8.50. The van der Waals surface area contributed by atoms with Crippen LogP contribution in [-0.2, 0) is 34.0 Å². The van der Waals surface area contributed by atoms with Crippen LogP contribution in [0.15, 0.2) is 63.8 Å². The summed E-state index contributed by atoms with van der Waals surface area (Å²) in [5.74, 6) is -1.06. The Hall–Kier alpha value is -3.20. The summed E-state index contributed by atoms with van der Waals surface area (Å²) in [4.78, 5) is 23.9.